The van der Waals surface area contributed by atoms with E-state index in [0.29, 0.717) is 10.7 Å². The molecule has 0 bridgehead atoms. The standard InChI is InChI=1S/C14H12ClN3O/c15-13-12-11(9-5-1-2-6-10(9)19-12)14(17-16-13)18-7-3-4-8-18/h1-2,5-6H,3-4,7-8H2. The van der Waals surface area contributed by atoms with E-state index in [-0.39, 0.29) is 0 Å². The summed E-state index contributed by atoms with van der Waals surface area (Å²) in [6.45, 7) is 2.04. The van der Waals surface area contributed by atoms with Gasteiger partial charge >= 0.3 is 0 Å². The van der Waals surface area contributed by atoms with Gasteiger partial charge in [0.15, 0.2) is 16.6 Å². The summed E-state index contributed by atoms with van der Waals surface area (Å²) in [6, 6.07) is 7.94. The maximum absolute atomic E-state index is 6.12. The minimum atomic E-state index is 0.328. The van der Waals surface area contributed by atoms with Gasteiger partial charge in [-0.1, -0.05) is 29.8 Å². The largest absolute Gasteiger partial charge is 0.453 e. The zero-order chi connectivity index (χ0) is 12.8. The van der Waals surface area contributed by atoms with Crippen LogP contribution in [0, 0.1) is 0 Å². The Bertz CT molecular complexity index is 762. The van der Waals surface area contributed by atoms with Crippen molar-refractivity contribution in [2.45, 2.75) is 12.8 Å². The van der Waals surface area contributed by atoms with Crippen LogP contribution in [0.3, 0.4) is 0 Å². The maximum atomic E-state index is 6.12. The van der Waals surface area contributed by atoms with Gasteiger partial charge in [-0.05, 0) is 18.9 Å². The Labute approximate surface area is 115 Å². The summed E-state index contributed by atoms with van der Waals surface area (Å²) in [6.07, 6.45) is 2.39. The first kappa shape index (κ1) is 11.1. The number of benzene rings is 1. The van der Waals surface area contributed by atoms with Gasteiger partial charge in [-0.25, -0.2) is 0 Å². The molecular formula is C14H12ClN3O. The lowest BCUT2D eigenvalue weighted by atomic mass is 10.2. The fraction of sp³-hybridized carbons (Fsp3) is 0.286. The van der Waals surface area contributed by atoms with Crippen molar-refractivity contribution in [1.29, 1.82) is 0 Å². The fourth-order valence-corrected chi connectivity index (χ4v) is 2.92. The predicted molar refractivity (Wildman–Crippen MR) is 75.8 cm³/mol. The molecule has 1 aliphatic rings. The van der Waals surface area contributed by atoms with E-state index in [1.807, 2.05) is 24.3 Å². The molecule has 2 aromatic heterocycles. The van der Waals surface area contributed by atoms with Crippen LogP contribution in [0.2, 0.25) is 5.15 Å². The van der Waals surface area contributed by atoms with Gasteiger partial charge in [-0.2, -0.15) is 0 Å². The summed E-state index contributed by atoms with van der Waals surface area (Å²) in [7, 11) is 0. The molecule has 0 amide bonds. The second kappa shape index (κ2) is 4.10. The topological polar surface area (TPSA) is 42.2 Å². The first-order chi connectivity index (χ1) is 9.34. The molecule has 19 heavy (non-hydrogen) atoms. The molecule has 1 fully saturated rings. The number of hydrogen-bond acceptors (Lipinski definition) is 4. The van der Waals surface area contributed by atoms with Crippen molar-refractivity contribution in [2.75, 3.05) is 18.0 Å². The van der Waals surface area contributed by atoms with Crippen molar-refractivity contribution in [3.8, 4) is 0 Å². The molecule has 3 aromatic rings. The monoisotopic (exact) mass is 273 g/mol. The normalized spacial score (nSPS) is 15.7. The van der Waals surface area contributed by atoms with Gasteiger partial charge in [0, 0.05) is 18.5 Å². The zero-order valence-electron chi connectivity index (χ0n) is 10.3. The molecular weight excluding hydrogens is 262 g/mol. The van der Waals surface area contributed by atoms with E-state index >= 15 is 0 Å². The van der Waals surface area contributed by atoms with E-state index < -0.39 is 0 Å². The van der Waals surface area contributed by atoms with Crippen LogP contribution >= 0.6 is 11.6 Å². The number of fused-ring (bicyclic) bond motifs is 3. The van der Waals surface area contributed by atoms with Crippen LogP contribution in [0.1, 0.15) is 12.8 Å². The second-order valence-electron chi connectivity index (χ2n) is 4.81. The molecule has 0 saturated carbocycles. The summed E-state index contributed by atoms with van der Waals surface area (Å²) < 4.78 is 5.82. The molecule has 1 aliphatic heterocycles. The summed E-state index contributed by atoms with van der Waals surface area (Å²) in [5.41, 5.74) is 1.47. The summed E-state index contributed by atoms with van der Waals surface area (Å²) in [4.78, 5) is 2.26. The molecule has 0 atom stereocenters. The Morgan fingerprint density at radius 3 is 2.74 bits per heavy atom. The highest BCUT2D eigenvalue weighted by Crippen LogP contribution is 2.37. The Morgan fingerprint density at radius 2 is 1.89 bits per heavy atom. The third-order valence-electron chi connectivity index (χ3n) is 3.64. The first-order valence-corrected chi connectivity index (χ1v) is 6.81. The maximum Gasteiger partial charge on any atom is 0.195 e. The Kier molecular flexibility index (Phi) is 2.38. The smallest absolute Gasteiger partial charge is 0.195 e. The van der Waals surface area contributed by atoms with Gasteiger partial charge in [0.1, 0.15) is 5.58 Å². The van der Waals surface area contributed by atoms with Crippen molar-refractivity contribution >= 4 is 39.4 Å². The minimum absolute atomic E-state index is 0.328. The van der Waals surface area contributed by atoms with E-state index in [4.69, 9.17) is 16.0 Å². The summed E-state index contributed by atoms with van der Waals surface area (Å²) in [5, 5.41) is 10.7. The molecule has 96 valence electrons. The van der Waals surface area contributed by atoms with E-state index in [1.165, 1.54) is 12.8 Å². The third-order valence-corrected chi connectivity index (χ3v) is 3.89. The lowest BCUT2D eigenvalue weighted by molar-refractivity contribution is 0.665. The number of aromatic nitrogens is 2. The molecule has 4 rings (SSSR count). The number of hydrogen-bond donors (Lipinski definition) is 0. The fourth-order valence-electron chi connectivity index (χ4n) is 2.75. The van der Waals surface area contributed by atoms with Gasteiger partial charge in [-0.3, -0.25) is 0 Å². The second-order valence-corrected chi connectivity index (χ2v) is 5.17. The van der Waals surface area contributed by atoms with Crippen molar-refractivity contribution < 1.29 is 4.42 Å². The van der Waals surface area contributed by atoms with E-state index in [0.717, 1.165) is 35.3 Å². The van der Waals surface area contributed by atoms with Gasteiger partial charge in [0.05, 0.1) is 5.39 Å². The van der Waals surface area contributed by atoms with Gasteiger partial charge in [-0.15, -0.1) is 10.2 Å². The number of para-hydroxylation sites is 1. The number of halogens is 1. The molecule has 0 N–H and O–H groups in total. The molecule has 4 nitrogen and oxygen atoms in total. The average molecular weight is 274 g/mol. The predicted octanol–water partition coefficient (Wildman–Crippen LogP) is 3.63. The Hall–Kier alpha value is -1.81. The lowest BCUT2D eigenvalue weighted by Gasteiger charge is -2.16. The van der Waals surface area contributed by atoms with Crippen molar-refractivity contribution in [2.24, 2.45) is 0 Å². The van der Waals surface area contributed by atoms with Crippen LogP contribution in [0.15, 0.2) is 28.7 Å². The van der Waals surface area contributed by atoms with Gasteiger partial charge in [0.25, 0.3) is 0 Å². The SMILES string of the molecule is Clc1nnc(N2CCCC2)c2c1oc1ccccc12. The number of rotatable bonds is 1. The Morgan fingerprint density at radius 1 is 1.11 bits per heavy atom. The Balaban J connectivity index is 2.10. The van der Waals surface area contributed by atoms with Crippen molar-refractivity contribution in [3.63, 3.8) is 0 Å². The lowest BCUT2D eigenvalue weighted by Crippen LogP contribution is -2.19. The third kappa shape index (κ3) is 1.60. The first-order valence-electron chi connectivity index (χ1n) is 6.43. The average Bonchev–Trinajstić information content (AvgIpc) is 3.06. The van der Waals surface area contributed by atoms with E-state index in [2.05, 4.69) is 15.1 Å². The number of furan rings is 1. The number of anilines is 1. The van der Waals surface area contributed by atoms with Crippen LogP contribution in [-0.2, 0) is 0 Å². The van der Waals surface area contributed by atoms with E-state index in [9.17, 15) is 0 Å². The minimum Gasteiger partial charge on any atom is -0.453 e. The highest BCUT2D eigenvalue weighted by atomic mass is 35.5. The quantitative estimate of drug-likeness (QED) is 0.679. The summed E-state index contributed by atoms with van der Waals surface area (Å²) in [5.74, 6) is 0.891. The van der Waals surface area contributed by atoms with E-state index in [1.54, 1.807) is 0 Å². The molecule has 5 heteroatoms. The van der Waals surface area contributed by atoms with Gasteiger partial charge in [0.2, 0.25) is 0 Å². The highest BCUT2D eigenvalue weighted by molar-refractivity contribution is 6.35. The van der Waals surface area contributed by atoms with Crippen LogP contribution < -0.4 is 4.90 Å². The molecule has 1 saturated heterocycles. The zero-order valence-corrected chi connectivity index (χ0v) is 11.0. The summed E-state index contributed by atoms with van der Waals surface area (Å²) >= 11 is 6.12. The molecule has 0 aliphatic carbocycles. The molecule has 3 heterocycles. The number of nitrogens with zero attached hydrogens (tertiary/aromatic N) is 3. The van der Waals surface area contributed by atoms with Crippen LogP contribution in [-0.4, -0.2) is 23.3 Å². The molecule has 0 unspecified atom stereocenters. The molecule has 0 spiro atoms. The van der Waals surface area contributed by atoms with Crippen LogP contribution in [0.25, 0.3) is 21.9 Å². The van der Waals surface area contributed by atoms with Crippen molar-refractivity contribution in [3.05, 3.63) is 29.4 Å². The van der Waals surface area contributed by atoms with Crippen molar-refractivity contribution in [1.82, 2.24) is 10.2 Å². The van der Waals surface area contributed by atoms with Gasteiger partial charge < -0.3 is 9.32 Å². The van der Waals surface area contributed by atoms with Crippen LogP contribution in [0.4, 0.5) is 5.82 Å². The van der Waals surface area contributed by atoms with Crippen LogP contribution in [0.5, 0.6) is 0 Å². The molecule has 1 aromatic carbocycles. The molecule has 0 radical (unpaired) electrons. The highest BCUT2D eigenvalue weighted by Gasteiger charge is 2.22.